The molecule has 1 aliphatic rings. The molecule has 1 N–H and O–H groups in total. The predicted molar refractivity (Wildman–Crippen MR) is 81.1 cm³/mol. The molecule has 0 spiro atoms. The maximum atomic E-state index is 13.3. The third kappa shape index (κ3) is 3.63. The van der Waals surface area contributed by atoms with Crippen LogP contribution in [0.2, 0.25) is 0 Å². The average molecular weight is 280 g/mol. The highest BCUT2D eigenvalue weighted by Crippen LogP contribution is 2.30. The van der Waals surface area contributed by atoms with Crippen LogP contribution < -0.4 is 15.0 Å². The fourth-order valence-corrected chi connectivity index (χ4v) is 2.82. The Bertz CT molecular complexity index is 438. The minimum Gasteiger partial charge on any atom is -0.494 e. The van der Waals surface area contributed by atoms with Crippen molar-refractivity contribution in [3.8, 4) is 5.75 Å². The molecule has 4 heteroatoms. The number of methoxy groups -OCH3 is 1. The van der Waals surface area contributed by atoms with Gasteiger partial charge in [0.1, 0.15) is 11.6 Å². The summed E-state index contributed by atoms with van der Waals surface area (Å²) in [5, 5.41) is 3.66. The van der Waals surface area contributed by atoms with Crippen molar-refractivity contribution < 1.29 is 9.13 Å². The summed E-state index contributed by atoms with van der Waals surface area (Å²) in [6.07, 6.45) is 3.32. The van der Waals surface area contributed by atoms with Crippen LogP contribution in [0.15, 0.2) is 18.2 Å². The molecule has 112 valence electrons. The van der Waals surface area contributed by atoms with E-state index in [9.17, 15) is 4.39 Å². The number of anilines is 1. The lowest BCUT2D eigenvalue weighted by Gasteiger charge is -2.34. The van der Waals surface area contributed by atoms with Crippen molar-refractivity contribution in [2.75, 3.05) is 25.1 Å². The van der Waals surface area contributed by atoms with E-state index in [1.54, 1.807) is 7.11 Å². The van der Waals surface area contributed by atoms with E-state index in [0.717, 1.165) is 38.0 Å². The molecular formula is C16H25FN2O. The molecule has 2 atom stereocenters. The number of hydrogen-bond donors (Lipinski definition) is 1. The van der Waals surface area contributed by atoms with E-state index in [4.69, 9.17) is 4.74 Å². The molecule has 1 aromatic carbocycles. The number of rotatable bonds is 3. The van der Waals surface area contributed by atoms with E-state index in [0.29, 0.717) is 17.8 Å². The zero-order valence-corrected chi connectivity index (χ0v) is 12.7. The highest BCUT2D eigenvalue weighted by molar-refractivity contribution is 5.58. The molecule has 0 aromatic heterocycles. The second kappa shape index (κ2) is 6.93. The summed E-state index contributed by atoms with van der Waals surface area (Å²) < 4.78 is 18.7. The van der Waals surface area contributed by atoms with Gasteiger partial charge in [-0.05, 0) is 38.3 Å². The van der Waals surface area contributed by atoms with Crippen LogP contribution in [0, 0.1) is 5.82 Å². The predicted octanol–water partition coefficient (Wildman–Crippen LogP) is 3.19. The molecule has 1 aromatic rings. The fraction of sp³-hybridized carbons (Fsp3) is 0.625. The van der Waals surface area contributed by atoms with Gasteiger partial charge in [-0.1, -0.05) is 6.92 Å². The van der Waals surface area contributed by atoms with Crippen LogP contribution in [-0.2, 0) is 0 Å². The first-order chi connectivity index (χ1) is 9.63. The van der Waals surface area contributed by atoms with Crippen LogP contribution in [-0.4, -0.2) is 32.3 Å². The molecule has 2 unspecified atom stereocenters. The van der Waals surface area contributed by atoms with Crippen LogP contribution in [0.1, 0.15) is 33.1 Å². The van der Waals surface area contributed by atoms with Gasteiger partial charge in [-0.25, -0.2) is 4.39 Å². The number of nitrogens with zero attached hydrogens (tertiary/aromatic N) is 1. The van der Waals surface area contributed by atoms with Crippen LogP contribution in [0.3, 0.4) is 0 Å². The SMILES string of the molecule is CCC1CCN(c2ccc(F)cc2OC)CCC(C)N1. The third-order valence-corrected chi connectivity index (χ3v) is 4.07. The van der Waals surface area contributed by atoms with E-state index in [1.165, 1.54) is 12.1 Å². The summed E-state index contributed by atoms with van der Waals surface area (Å²) in [5.41, 5.74) is 0.998. The first-order valence-corrected chi connectivity index (χ1v) is 7.48. The zero-order chi connectivity index (χ0) is 14.5. The Morgan fingerprint density at radius 1 is 1.35 bits per heavy atom. The molecule has 1 heterocycles. The van der Waals surface area contributed by atoms with Gasteiger partial charge in [-0.2, -0.15) is 0 Å². The summed E-state index contributed by atoms with van der Waals surface area (Å²) >= 11 is 0. The van der Waals surface area contributed by atoms with E-state index >= 15 is 0 Å². The van der Waals surface area contributed by atoms with Gasteiger partial charge in [0.05, 0.1) is 12.8 Å². The minimum absolute atomic E-state index is 0.251. The number of halogens is 1. The molecule has 1 fully saturated rings. The maximum Gasteiger partial charge on any atom is 0.145 e. The first-order valence-electron chi connectivity index (χ1n) is 7.48. The molecule has 3 nitrogen and oxygen atoms in total. The van der Waals surface area contributed by atoms with Crippen molar-refractivity contribution in [1.82, 2.24) is 5.32 Å². The first kappa shape index (κ1) is 15.1. The molecule has 20 heavy (non-hydrogen) atoms. The number of ether oxygens (including phenoxy) is 1. The largest absolute Gasteiger partial charge is 0.494 e. The van der Waals surface area contributed by atoms with Gasteiger partial charge < -0.3 is 15.0 Å². The quantitative estimate of drug-likeness (QED) is 0.920. The Labute approximate surface area is 121 Å². The minimum atomic E-state index is -0.251. The van der Waals surface area contributed by atoms with Crippen LogP contribution in [0.5, 0.6) is 5.75 Å². The third-order valence-electron chi connectivity index (χ3n) is 4.07. The Balaban J connectivity index is 2.18. The molecule has 0 amide bonds. The van der Waals surface area contributed by atoms with Crippen molar-refractivity contribution >= 4 is 5.69 Å². The highest BCUT2D eigenvalue weighted by atomic mass is 19.1. The van der Waals surface area contributed by atoms with E-state index in [-0.39, 0.29) is 5.82 Å². The molecular weight excluding hydrogens is 255 g/mol. The maximum absolute atomic E-state index is 13.3. The summed E-state index contributed by atoms with van der Waals surface area (Å²) in [7, 11) is 1.60. The lowest BCUT2D eigenvalue weighted by atomic mass is 10.0. The Kier molecular flexibility index (Phi) is 5.24. The van der Waals surface area contributed by atoms with Gasteiger partial charge in [-0.15, -0.1) is 0 Å². The number of nitrogens with one attached hydrogen (secondary N) is 1. The van der Waals surface area contributed by atoms with E-state index in [2.05, 4.69) is 24.1 Å². The molecule has 0 radical (unpaired) electrons. The van der Waals surface area contributed by atoms with Crippen LogP contribution in [0.4, 0.5) is 10.1 Å². The normalized spacial score (nSPS) is 24.1. The zero-order valence-electron chi connectivity index (χ0n) is 12.7. The van der Waals surface area contributed by atoms with Gasteiger partial charge in [0.15, 0.2) is 0 Å². The Hall–Kier alpha value is -1.29. The Morgan fingerprint density at radius 3 is 2.80 bits per heavy atom. The van der Waals surface area contributed by atoms with Crippen molar-refractivity contribution in [3.05, 3.63) is 24.0 Å². The summed E-state index contributed by atoms with van der Waals surface area (Å²) in [5.74, 6) is 0.373. The van der Waals surface area contributed by atoms with Gasteiger partial charge in [0.25, 0.3) is 0 Å². The molecule has 0 aliphatic carbocycles. The van der Waals surface area contributed by atoms with Crippen molar-refractivity contribution in [1.29, 1.82) is 0 Å². The second-order valence-electron chi connectivity index (χ2n) is 5.55. The highest BCUT2D eigenvalue weighted by Gasteiger charge is 2.20. The van der Waals surface area contributed by atoms with Crippen LogP contribution in [0.25, 0.3) is 0 Å². The smallest absolute Gasteiger partial charge is 0.145 e. The van der Waals surface area contributed by atoms with Crippen molar-refractivity contribution in [2.45, 2.75) is 45.2 Å². The van der Waals surface area contributed by atoms with Crippen molar-refractivity contribution in [2.24, 2.45) is 0 Å². The molecule has 1 aliphatic heterocycles. The lowest BCUT2D eigenvalue weighted by molar-refractivity contribution is 0.374. The van der Waals surface area contributed by atoms with E-state index in [1.807, 2.05) is 6.07 Å². The molecule has 0 saturated carbocycles. The summed E-state index contributed by atoms with van der Waals surface area (Å²) in [6.45, 7) is 6.38. The average Bonchev–Trinajstić information content (AvgIpc) is 2.43. The molecule has 1 saturated heterocycles. The summed E-state index contributed by atoms with van der Waals surface area (Å²) in [6, 6.07) is 5.87. The monoisotopic (exact) mass is 280 g/mol. The topological polar surface area (TPSA) is 24.5 Å². The Morgan fingerprint density at radius 2 is 2.10 bits per heavy atom. The van der Waals surface area contributed by atoms with Gasteiger partial charge in [0.2, 0.25) is 0 Å². The fourth-order valence-electron chi connectivity index (χ4n) is 2.82. The van der Waals surface area contributed by atoms with Gasteiger partial charge >= 0.3 is 0 Å². The standard InChI is InChI=1S/C16H25FN2O/c1-4-14-8-10-19(9-7-12(2)18-14)15-6-5-13(17)11-16(15)20-3/h5-6,11-12,14,18H,4,7-10H2,1-3H3. The van der Waals surface area contributed by atoms with Crippen LogP contribution >= 0.6 is 0 Å². The van der Waals surface area contributed by atoms with E-state index < -0.39 is 0 Å². The lowest BCUT2D eigenvalue weighted by Crippen LogP contribution is -2.44. The molecule has 0 bridgehead atoms. The van der Waals surface area contributed by atoms with Gasteiger partial charge in [0, 0.05) is 31.2 Å². The molecule has 2 rings (SSSR count). The van der Waals surface area contributed by atoms with Crippen molar-refractivity contribution in [3.63, 3.8) is 0 Å². The second-order valence-corrected chi connectivity index (χ2v) is 5.55. The number of benzene rings is 1. The number of hydrogen-bond acceptors (Lipinski definition) is 3. The van der Waals surface area contributed by atoms with Gasteiger partial charge in [-0.3, -0.25) is 0 Å². The summed E-state index contributed by atoms with van der Waals surface area (Å²) in [4.78, 5) is 2.32.